The number of rotatable bonds is 12. The number of methoxy groups -OCH3 is 2. The SMILES string of the molecule is C.C.C=C1C(C[C@@H]2O[C@H]3C[C@@H](O)[C@@H](CCO)O[C@H]3[C@H](C)[C@H]2O)O[C@@H](CCC(=O)OC)C[C@H]1C.C=C1C(C[C@@H]2O[C@H]3C[C@H]4OC(C)(C)OCC[C@H]4O[C@H]3[C@H](C)[C@H]2O)O[C@@H](CCC(=O)OC)C[C@H]1C. The predicted octanol–water partition coefficient (Wildman–Crippen LogP) is 5.76. The van der Waals surface area contributed by atoms with Crippen molar-refractivity contribution < 1.29 is 77.4 Å². The molecule has 67 heavy (non-hydrogen) atoms. The summed E-state index contributed by atoms with van der Waals surface area (Å²) in [5.74, 6) is -0.878. The van der Waals surface area contributed by atoms with Gasteiger partial charge in [0.05, 0.1) is 118 Å². The first kappa shape index (κ1) is 57.5. The van der Waals surface area contributed by atoms with Crippen LogP contribution >= 0.6 is 0 Å². The monoisotopic (exact) mass is 957 g/mol. The molecule has 16 heteroatoms. The number of carbonyl (C=O) groups excluding carboxylic acids is 2. The Labute approximate surface area is 400 Å². The Hall–Kier alpha value is -2.06. The Balaban J connectivity index is 0.000000285. The molecular formula is C51H88O16. The van der Waals surface area contributed by atoms with E-state index in [4.69, 9.17) is 47.4 Å². The number of ether oxygens (including phenoxy) is 10. The number of aliphatic hydroxyl groups is 4. The maximum Gasteiger partial charge on any atom is 0.305 e. The molecule has 0 aliphatic carbocycles. The number of fused-ring (bicyclic) bond motifs is 3. The molecule has 7 fully saturated rings. The molecule has 4 N–H and O–H groups in total. The van der Waals surface area contributed by atoms with Crippen molar-refractivity contribution in [2.75, 3.05) is 27.4 Å². The third kappa shape index (κ3) is 14.3. The third-order valence-corrected chi connectivity index (χ3v) is 15.2. The van der Waals surface area contributed by atoms with Crippen LogP contribution in [0.25, 0.3) is 0 Å². The van der Waals surface area contributed by atoms with Gasteiger partial charge in [0.25, 0.3) is 0 Å². The Kier molecular flexibility index (Phi) is 21.8. The Morgan fingerprint density at radius 3 is 1.60 bits per heavy atom. The molecule has 20 atom stereocenters. The number of hydrogen-bond acceptors (Lipinski definition) is 16. The highest BCUT2D eigenvalue weighted by Crippen LogP contribution is 2.43. The zero-order valence-electron chi connectivity index (χ0n) is 40.0. The fourth-order valence-corrected chi connectivity index (χ4v) is 11.1. The lowest BCUT2D eigenvalue weighted by molar-refractivity contribution is -0.294. The van der Waals surface area contributed by atoms with Crippen molar-refractivity contribution in [2.45, 2.75) is 237 Å². The minimum absolute atomic E-state index is 0. The van der Waals surface area contributed by atoms with Crippen LogP contribution in [0.15, 0.2) is 24.3 Å². The third-order valence-electron chi connectivity index (χ3n) is 15.2. The molecule has 16 nitrogen and oxygen atoms in total. The van der Waals surface area contributed by atoms with E-state index >= 15 is 0 Å². The standard InChI is InChI=1S/C26H42O8.C23H38O8.2CH4/c1-14-11-17(7-8-23(27)29-6)31-19(15(14)2)12-21-24(28)16(3)25-22(32-21)13-20-18(33-25)9-10-30-26(4,5)34-20;1-12-9-15(5-6-21(26)28-4)29-18(13(12)2)11-19-22(27)14(3)23-20(30-19)10-16(25)17(31-23)7-8-24;;/h14,16-22,24-25,28H,2,7-13H2,1,3-6H3;12,14-20,22-25,27H,2,5-11H2,1,3-4H3;2*1H4/t14-,16-,17+,18-,19?,20-,21+,22+,24-,25+;12-,14-,15+,16-,17-,18?,19+,20+,22-,23+;;/m11../s1. The Bertz CT molecular complexity index is 1590. The normalized spacial score (nSPS) is 42.6. The molecule has 0 bridgehead atoms. The quantitative estimate of drug-likeness (QED) is 0.136. The average Bonchev–Trinajstić information content (AvgIpc) is 3.42. The maximum absolute atomic E-state index is 11.6. The van der Waals surface area contributed by atoms with E-state index in [-0.39, 0.29) is 124 Å². The summed E-state index contributed by atoms with van der Waals surface area (Å²) < 4.78 is 59.3. The molecule has 0 spiro atoms. The van der Waals surface area contributed by atoms with Crippen LogP contribution in [0.1, 0.15) is 133 Å². The van der Waals surface area contributed by atoms with Crippen molar-refractivity contribution >= 4 is 11.9 Å². The average molecular weight is 957 g/mol. The van der Waals surface area contributed by atoms with Gasteiger partial charge in [0.15, 0.2) is 5.79 Å². The summed E-state index contributed by atoms with van der Waals surface area (Å²) >= 11 is 0. The van der Waals surface area contributed by atoms with Gasteiger partial charge in [0.1, 0.15) is 0 Å². The first-order valence-electron chi connectivity index (χ1n) is 24.2. The van der Waals surface area contributed by atoms with Crippen LogP contribution in [0.5, 0.6) is 0 Å². The molecule has 0 amide bonds. The topological polar surface area (TPSA) is 207 Å². The van der Waals surface area contributed by atoms with E-state index in [0.29, 0.717) is 64.4 Å². The smallest absolute Gasteiger partial charge is 0.305 e. The number of carbonyl (C=O) groups is 2. The summed E-state index contributed by atoms with van der Waals surface area (Å²) in [7, 11) is 2.78. The molecule has 0 radical (unpaired) electrons. The lowest BCUT2D eigenvalue weighted by atomic mass is 9.79. The van der Waals surface area contributed by atoms with Crippen LogP contribution in [-0.2, 0) is 57.0 Å². The van der Waals surface area contributed by atoms with Crippen LogP contribution in [0.2, 0.25) is 0 Å². The summed E-state index contributed by atoms with van der Waals surface area (Å²) in [5, 5.41) is 41.7. The molecule has 7 aliphatic rings. The summed E-state index contributed by atoms with van der Waals surface area (Å²) in [4.78, 5) is 23.1. The minimum atomic E-state index is -0.742. The predicted molar refractivity (Wildman–Crippen MR) is 250 cm³/mol. The number of hydrogen-bond donors (Lipinski definition) is 4. The van der Waals surface area contributed by atoms with Gasteiger partial charge in [-0.2, -0.15) is 0 Å². The van der Waals surface area contributed by atoms with Gasteiger partial charge in [0, 0.05) is 57.0 Å². The van der Waals surface area contributed by atoms with Crippen molar-refractivity contribution in [3.63, 3.8) is 0 Å². The van der Waals surface area contributed by atoms with Crippen molar-refractivity contribution in [3.05, 3.63) is 24.3 Å². The van der Waals surface area contributed by atoms with Gasteiger partial charge in [0.2, 0.25) is 0 Å². The van der Waals surface area contributed by atoms with Gasteiger partial charge in [-0.15, -0.1) is 0 Å². The highest BCUT2D eigenvalue weighted by molar-refractivity contribution is 5.69. The van der Waals surface area contributed by atoms with Crippen LogP contribution in [0, 0.1) is 23.7 Å². The largest absolute Gasteiger partial charge is 0.469 e. The van der Waals surface area contributed by atoms with Crippen molar-refractivity contribution in [2.24, 2.45) is 23.7 Å². The van der Waals surface area contributed by atoms with E-state index in [9.17, 15) is 30.0 Å². The zero-order valence-corrected chi connectivity index (χ0v) is 40.0. The van der Waals surface area contributed by atoms with Crippen molar-refractivity contribution in [1.29, 1.82) is 0 Å². The van der Waals surface area contributed by atoms with Gasteiger partial charge in [-0.05, 0) is 75.4 Å². The maximum atomic E-state index is 11.6. The van der Waals surface area contributed by atoms with Crippen LogP contribution in [-0.4, -0.2) is 163 Å². The van der Waals surface area contributed by atoms with Crippen LogP contribution in [0.4, 0.5) is 0 Å². The first-order valence-corrected chi connectivity index (χ1v) is 24.2. The van der Waals surface area contributed by atoms with E-state index in [2.05, 4.69) is 27.0 Å². The molecule has 2 unspecified atom stereocenters. The summed E-state index contributed by atoms with van der Waals surface area (Å²) in [6.45, 7) is 21.1. The van der Waals surface area contributed by atoms with Gasteiger partial charge >= 0.3 is 11.9 Å². The Morgan fingerprint density at radius 1 is 0.642 bits per heavy atom. The van der Waals surface area contributed by atoms with Gasteiger partial charge in [-0.25, -0.2) is 0 Å². The highest BCUT2D eigenvalue weighted by Gasteiger charge is 2.53. The molecule has 388 valence electrons. The van der Waals surface area contributed by atoms with Gasteiger partial charge in [-0.3, -0.25) is 9.59 Å². The molecule has 7 saturated heterocycles. The molecular weight excluding hydrogens is 869 g/mol. The highest BCUT2D eigenvalue weighted by atomic mass is 16.7. The molecule has 7 heterocycles. The van der Waals surface area contributed by atoms with E-state index in [1.54, 1.807) is 0 Å². The van der Waals surface area contributed by atoms with Crippen LogP contribution in [0.3, 0.4) is 0 Å². The molecule has 0 saturated carbocycles. The number of esters is 2. The molecule has 7 aliphatic heterocycles. The molecule has 7 rings (SSSR count). The molecule has 0 aromatic heterocycles. The van der Waals surface area contributed by atoms with Crippen molar-refractivity contribution in [1.82, 2.24) is 0 Å². The second kappa shape index (κ2) is 25.4. The lowest BCUT2D eigenvalue weighted by Gasteiger charge is -2.50. The van der Waals surface area contributed by atoms with Gasteiger partial charge < -0.3 is 67.8 Å². The summed E-state index contributed by atoms with van der Waals surface area (Å²) in [6.07, 6.45) is 1.50. The summed E-state index contributed by atoms with van der Waals surface area (Å²) in [6, 6.07) is 0. The summed E-state index contributed by atoms with van der Waals surface area (Å²) in [5.41, 5.74) is 1.99. The van der Waals surface area contributed by atoms with Crippen LogP contribution < -0.4 is 0 Å². The fourth-order valence-electron chi connectivity index (χ4n) is 11.1. The van der Waals surface area contributed by atoms with E-state index < -0.39 is 36.3 Å². The van der Waals surface area contributed by atoms with E-state index in [0.717, 1.165) is 30.4 Å². The molecule has 0 aromatic rings. The first-order chi connectivity index (χ1) is 30.8. The lowest BCUT2D eigenvalue weighted by Crippen LogP contribution is -2.61. The number of aliphatic hydroxyl groups excluding tert-OH is 4. The van der Waals surface area contributed by atoms with E-state index in [1.165, 1.54) is 14.2 Å². The molecule has 0 aromatic carbocycles. The second-order valence-electron chi connectivity index (χ2n) is 20.3. The van der Waals surface area contributed by atoms with E-state index in [1.807, 2.05) is 27.7 Å². The Morgan fingerprint density at radius 2 is 1.12 bits per heavy atom. The second-order valence-corrected chi connectivity index (χ2v) is 20.3. The fraction of sp³-hybridized carbons (Fsp3) is 0.882. The van der Waals surface area contributed by atoms with Crippen molar-refractivity contribution in [3.8, 4) is 0 Å². The minimum Gasteiger partial charge on any atom is -0.469 e. The zero-order chi connectivity index (χ0) is 47.3. The van der Waals surface area contributed by atoms with Gasteiger partial charge in [-0.1, -0.05) is 55.7 Å².